The first kappa shape index (κ1) is 11.2. The largest absolute Gasteiger partial charge is 0.352 e. The maximum absolute atomic E-state index is 11.8. The first-order chi connectivity index (χ1) is 8.10. The molecule has 0 saturated carbocycles. The second-order valence-corrected chi connectivity index (χ2v) is 4.19. The second-order valence-electron chi connectivity index (χ2n) is 4.19. The van der Waals surface area contributed by atoms with E-state index in [1.807, 2.05) is 19.9 Å². The van der Waals surface area contributed by atoms with Crippen molar-refractivity contribution in [1.29, 1.82) is 0 Å². The molecule has 1 heterocycles. The van der Waals surface area contributed by atoms with Gasteiger partial charge in [-0.05, 0) is 31.4 Å². The summed E-state index contributed by atoms with van der Waals surface area (Å²) in [6.07, 6.45) is 0. The van der Waals surface area contributed by atoms with Crippen molar-refractivity contribution in [2.45, 2.75) is 19.9 Å². The number of hydrogen-bond acceptors (Lipinski definition) is 1. The minimum Gasteiger partial charge on any atom is -0.352 e. The van der Waals surface area contributed by atoms with Gasteiger partial charge in [0.15, 0.2) is 5.69 Å². The van der Waals surface area contributed by atoms with Gasteiger partial charge in [0.25, 0.3) is 5.91 Å². The van der Waals surface area contributed by atoms with Crippen LogP contribution < -0.4 is 5.32 Å². The average molecular weight is 227 g/mol. The summed E-state index contributed by atoms with van der Waals surface area (Å²) in [7, 11) is 0. The normalized spacial score (nSPS) is 10.5. The van der Waals surface area contributed by atoms with Crippen molar-refractivity contribution in [3.05, 3.63) is 41.4 Å². The summed E-state index contributed by atoms with van der Waals surface area (Å²) in [4.78, 5) is 18.1. The van der Waals surface area contributed by atoms with Crippen molar-refractivity contribution in [3.8, 4) is 0 Å². The number of nitrogens with zero attached hydrogens (tertiary/aromatic N) is 1. The number of hydrogen-bond donors (Lipinski definition) is 2. The van der Waals surface area contributed by atoms with E-state index >= 15 is 0 Å². The number of aromatic nitrogens is 1. The first-order valence-corrected chi connectivity index (χ1v) is 5.41. The lowest BCUT2D eigenvalue weighted by atomic mass is 10.2. The fourth-order valence-electron chi connectivity index (χ4n) is 1.65. The summed E-state index contributed by atoms with van der Waals surface area (Å²) >= 11 is 0. The van der Waals surface area contributed by atoms with E-state index < -0.39 is 0 Å². The van der Waals surface area contributed by atoms with Gasteiger partial charge in [0.1, 0.15) is 5.69 Å². The Morgan fingerprint density at radius 3 is 2.82 bits per heavy atom. The number of carbonyl (C=O) groups excluding carboxylic acids is 1. The Balaban J connectivity index is 2.38. The van der Waals surface area contributed by atoms with Crippen molar-refractivity contribution >= 4 is 22.5 Å². The van der Waals surface area contributed by atoms with Crippen molar-refractivity contribution in [1.82, 2.24) is 10.3 Å². The minimum atomic E-state index is -0.124. The molecular weight excluding hydrogens is 214 g/mol. The number of nitrogens with one attached hydrogen (secondary N) is 2. The average Bonchev–Trinajstić information content (AvgIpc) is 2.70. The van der Waals surface area contributed by atoms with E-state index in [9.17, 15) is 4.79 Å². The van der Waals surface area contributed by atoms with Gasteiger partial charge >= 0.3 is 0 Å². The number of benzene rings is 1. The molecule has 1 aromatic heterocycles. The molecule has 4 heteroatoms. The Morgan fingerprint density at radius 1 is 1.41 bits per heavy atom. The van der Waals surface area contributed by atoms with Crippen LogP contribution in [0.25, 0.3) is 15.7 Å². The predicted molar refractivity (Wildman–Crippen MR) is 67.2 cm³/mol. The highest BCUT2D eigenvalue weighted by Gasteiger charge is 2.10. The summed E-state index contributed by atoms with van der Waals surface area (Å²) in [5.41, 5.74) is 1.90. The number of fused-ring (bicyclic) bond motifs is 1. The highest BCUT2D eigenvalue weighted by Crippen LogP contribution is 2.21. The third-order valence-corrected chi connectivity index (χ3v) is 2.40. The molecule has 0 unspecified atom stereocenters. The van der Waals surface area contributed by atoms with Gasteiger partial charge < -0.3 is 10.3 Å². The third kappa shape index (κ3) is 2.28. The van der Waals surface area contributed by atoms with E-state index in [2.05, 4.69) is 15.1 Å². The Kier molecular flexibility index (Phi) is 2.84. The quantitative estimate of drug-likeness (QED) is 0.761. The molecule has 0 bridgehead atoms. The molecule has 0 spiro atoms. The molecule has 0 saturated heterocycles. The summed E-state index contributed by atoms with van der Waals surface area (Å²) in [5, 5.41) is 3.75. The van der Waals surface area contributed by atoms with Gasteiger partial charge in [0, 0.05) is 11.6 Å². The predicted octanol–water partition coefficient (Wildman–Crippen LogP) is 2.86. The van der Waals surface area contributed by atoms with Crippen LogP contribution in [-0.2, 0) is 0 Å². The van der Waals surface area contributed by atoms with Gasteiger partial charge in [0.2, 0.25) is 0 Å². The topological polar surface area (TPSA) is 49.2 Å². The van der Waals surface area contributed by atoms with Crippen LogP contribution in [0.5, 0.6) is 0 Å². The van der Waals surface area contributed by atoms with Gasteiger partial charge in [-0.25, -0.2) is 4.85 Å². The summed E-state index contributed by atoms with van der Waals surface area (Å²) < 4.78 is 0. The second kappa shape index (κ2) is 4.30. The summed E-state index contributed by atoms with van der Waals surface area (Å²) in [5.74, 6) is -0.124. The zero-order valence-electron chi connectivity index (χ0n) is 9.74. The van der Waals surface area contributed by atoms with E-state index in [1.54, 1.807) is 18.2 Å². The number of aromatic amines is 1. The molecule has 0 fully saturated rings. The van der Waals surface area contributed by atoms with Gasteiger partial charge in [-0.3, -0.25) is 4.79 Å². The zero-order chi connectivity index (χ0) is 12.4. The van der Waals surface area contributed by atoms with Crippen LogP contribution in [0.15, 0.2) is 24.3 Å². The molecule has 1 aromatic carbocycles. The Labute approximate surface area is 99.5 Å². The summed E-state index contributed by atoms with van der Waals surface area (Å²) in [6.45, 7) is 10.8. The molecule has 0 aliphatic rings. The molecule has 2 rings (SSSR count). The number of carbonyl (C=O) groups is 1. The van der Waals surface area contributed by atoms with E-state index in [1.165, 1.54) is 0 Å². The highest BCUT2D eigenvalue weighted by atomic mass is 16.1. The van der Waals surface area contributed by atoms with Crippen LogP contribution in [0.3, 0.4) is 0 Å². The maximum Gasteiger partial charge on any atom is 0.267 e. The zero-order valence-corrected chi connectivity index (χ0v) is 9.74. The minimum absolute atomic E-state index is 0.104. The maximum atomic E-state index is 11.8. The Hall–Kier alpha value is -2.28. The SMILES string of the molecule is [C-]#[N+]c1ccc2cc(C(=O)NC(C)C)[nH]c2c1. The van der Waals surface area contributed by atoms with Crippen molar-refractivity contribution < 1.29 is 4.79 Å². The van der Waals surface area contributed by atoms with Gasteiger partial charge in [-0.1, -0.05) is 12.1 Å². The number of rotatable bonds is 2. The van der Waals surface area contributed by atoms with Crippen LogP contribution in [0.1, 0.15) is 24.3 Å². The van der Waals surface area contributed by atoms with E-state index in [0.717, 1.165) is 10.9 Å². The molecule has 1 amide bonds. The fourth-order valence-corrected chi connectivity index (χ4v) is 1.65. The van der Waals surface area contributed by atoms with Gasteiger partial charge in [-0.15, -0.1) is 0 Å². The molecule has 2 aromatic rings. The van der Waals surface area contributed by atoms with E-state index in [4.69, 9.17) is 6.57 Å². The monoisotopic (exact) mass is 227 g/mol. The van der Waals surface area contributed by atoms with E-state index in [0.29, 0.717) is 11.4 Å². The van der Waals surface area contributed by atoms with Crippen molar-refractivity contribution in [2.24, 2.45) is 0 Å². The Bertz CT molecular complexity index is 605. The molecule has 0 aliphatic carbocycles. The lowest BCUT2D eigenvalue weighted by Gasteiger charge is -2.05. The standard InChI is InChI=1S/C13H13N3O/c1-8(2)15-13(17)12-6-9-4-5-10(14-3)7-11(9)16-12/h4-8,16H,1-2H3,(H,15,17). The number of amides is 1. The lowest BCUT2D eigenvalue weighted by Crippen LogP contribution is -2.30. The first-order valence-electron chi connectivity index (χ1n) is 5.41. The lowest BCUT2D eigenvalue weighted by molar-refractivity contribution is 0.0939. The van der Waals surface area contributed by atoms with Gasteiger partial charge in [0.05, 0.1) is 6.57 Å². The van der Waals surface area contributed by atoms with Crippen LogP contribution >= 0.6 is 0 Å². The molecule has 4 nitrogen and oxygen atoms in total. The Morgan fingerprint density at radius 2 is 2.18 bits per heavy atom. The van der Waals surface area contributed by atoms with Crippen molar-refractivity contribution in [3.63, 3.8) is 0 Å². The summed E-state index contributed by atoms with van der Waals surface area (Å²) in [6, 6.07) is 7.22. The number of H-pyrrole nitrogens is 1. The highest BCUT2D eigenvalue weighted by molar-refractivity contribution is 5.98. The van der Waals surface area contributed by atoms with Crippen LogP contribution in [-0.4, -0.2) is 16.9 Å². The molecule has 0 atom stereocenters. The molecule has 0 aliphatic heterocycles. The molecule has 2 N–H and O–H groups in total. The molecule has 17 heavy (non-hydrogen) atoms. The third-order valence-electron chi connectivity index (χ3n) is 2.40. The van der Waals surface area contributed by atoms with Crippen molar-refractivity contribution in [2.75, 3.05) is 0 Å². The van der Waals surface area contributed by atoms with E-state index in [-0.39, 0.29) is 11.9 Å². The van der Waals surface area contributed by atoms with Crippen LogP contribution in [0.4, 0.5) is 5.69 Å². The smallest absolute Gasteiger partial charge is 0.267 e. The van der Waals surface area contributed by atoms with Crippen LogP contribution in [0, 0.1) is 6.57 Å². The fraction of sp³-hybridized carbons (Fsp3) is 0.231. The van der Waals surface area contributed by atoms with Gasteiger partial charge in [-0.2, -0.15) is 0 Å². The van der Waals surface area contributed by atoms with Crippen LogP contribution in [0.2, 0.25) is 0 Å². The molecule has 86 valence electrons. The molecular formula is C13H13N3O. The molecule has 0 radical (unpaired) electrons.